The lowest BCUT2D eigenvalue weighted by Crippen LogP contribution is -2.33. The van der Waals surface area contributed by atoms with Crippen LogP contribution in [0, 0.1) is 19.8 Å². The second-order valence-electron chi connectivity index (χ2n) is 6.52. The Morgan fingerprint density at radius 2 is 2.05 bits per heavy atom. The first-order valence-corrected chi connectivity index (χ1v) is 8.62. The van der Waals surface area contributed by atoms with E-state index in [9.17, 15) is 0 Å². The first-order valence-electron chi connectivity index (χ1n) is 7.64. The topological polar surface area (TPSA) is 24.4 Å². The van der Waals surface area contributed by atoms with Crippen molar-refractivity contribution in [3.05, 3.63) is 29.3 Å². The van der Waals surface area contributed by atoms with Crippen molar-refractivity contribution in [3.63, 3.8) is 0 Å². The summed E-state index contributed by atoms with van der Waals surface area (Å²) in [5.41, 5.74) is 4.05. The largest absolute Gasteiger partial charge is 0.335 e. The van der Waals surface area contributed by atoms with E-state index in [1.54, 1.807) is 0 Å². The fraction of sp³-hybridized carbons (Fsp3) is 0.588. The van der Waals surface area contributed by atoms with Crippen molar-refractivity contribution in [2.24, 2.45) is 10.9 Å². The van der Waals surface area contributed by atoms with E-state index in [2.05, 4.69) is 44.3 Å². The molecule has 2 aliphatic rings. The predicted molar refractivity (Wildman–Crippen MR) is 89.8 cm³/mol. The van der Waals surface area contributed by atoms with Gasteiger partial charge in [-0.3, -0.25) is 4.99 Å². The number of nitrogens with zero attached hydrogens (tertiary/aromatic N) is 1. The number of thioether (sulfide) groups is 1. The number of rotatable bonds is 1. The van der Waals surface area contributed by atoms with Crippen LogP contribution in [-0.4, -0.2) is 16.5 Å². The molecule has 2 nitrogen and oxygen atoms in total. The summed E-state index contributed by atoms with van der Waals surface area (Å²) in [7, 11) is 0. The number of benzene rings is 1. The summed E-state index contributed by atoms with van der Waals surface area (Å²) in [5.74, 6) is 1.98. The van der Waals surface area contributed by atoms with E-state index in [-0.39, 0.29) is 5.54 Å². The van der Waals surface area contributed by atoms with E-state index in [1.165, 1.54) is 42.5 Å². The molecule has 1 saturated carbocycles. The van der Waals surface area contributed by atoms with E-state index in [4.69, 9.17) is 4.99 Å². The van der Waals surface area contributed by atoms with Crippen molar-refractivity contribution in [2.75, 3.05) is 11.1 Å². The summed E-state index contributed by atoms with van der Waals surface area (Å²) in [6.45, 7) is 6.69. The Morgan fingerprint density at radius 3 is 2.75 bits per heavy atom. The Morgan fingerprint density at radius 1 is 1.30 bits per heavy atom. The number of hydrogen-bond acceptors (Lipinski definition) is 3. The molecule has 0 bridgehead atoms. The van der Waals surface area contributed by atoms with Gasteiger partial charge in [-0.25, -0.2) is 0 Å². The number of anilines is 1. The van der Waals surface area contributed by atoms with Gasteiger partial charge in [-0.2, -0.15) is 0 Å². The first-order chi connectivity index (χ1) is 9.58. The predicted octanol–water partition coefficient (Wildman–Crippen LogP) is 4.77. The molecule has 1 spiro atoms. The van der Waals surface area contributed by atoms with E-state index in [0.29, 0.717) is 0 Å². The number of para-hydroxylation sites is 1. The van der Waals surface area contributed by atoms with Crippen LogP contribution in [0.25, 0.3) is 0 Å². The Balaban J connectivity index is 1.79. The van der Waals surface area contributed by atoms with Gasteiger partial charge in [-0.1, -0.05) is 49.7 Å². The normalized spacial score (nSPS) is 29.6. The summed E-state index contributed by atoms with van der Waals surface area (Å²) in [4.78, 5) is 5.08. The SMILES string of the molecule is Cc1cccc(C)c1NC1=NC2(CCCC(C)C2)CS1. The van der Waals surface area contributed by atoms with Gasteiger partial charge in [0.15, 0.2) is 5.17 Å². The molecule has 1 aromatic rings. The van der Waals surface area contributed by atoms with Crippen molar-refractivity contribution < 1.29 is 0 Å². The van der Waals surface area contributed by atoms with Gasteiger partial charge in [-0.15, -0.1) is 0 Å². The van der Waals surface area contributed by atoms with Crippen molar-refractivity contribution >= 4 is 22.6 Å². The van der Waals surface area contributed by atoms with E-state index >= 15 is 0 Å². The molecule has 3 rings (SSSR count). The molecular weight excluding hydrogens is 264 g/mol. The molecule has 20 heavy (non-hydrogen) atoms. The van der Waals surface area contributed by atoms with Gasteiger partial charge in [0.25, 0.3) is 0 Å². The van der Waals surface area contributed by atoms with E-state index in [1.807, 2.05) is 11.8 Å². The maximum atomic E-state index is 5.08. The summed E-state index contributed by atoms with van der Waals surface area (Å²) in [5, 5.41) is 4.70. The highest BCUT2D eigenvalue weighted by Crippen LogP contribution is 2.42. The standard InChI is InChI=1S/C17H24N2S/c1-12-6-5-9-17(10-12)11-20-16(19-17)18-15-13(2)7-4-8-14(15)3/h4,7-8,12H,5-6,9-11H2,1-3H3,(H,18,19). The van der Waals surface area contributed by atoms with Crippen LogP contribution in [-0.2, 0) is 0 Å². The van der Waals surface area contributed by atoms with Crippen LogP contribution >= 0.6 is 11.8 Å². The van der Waals surface area contributed by atoms with Crippen LogP contribution in [0.1, 0.15) is 43.7 Å². The number of amidine groups is 1. The van der Waals surface area contributed by atoms with Crippen LogP contribution in [0.5, 0.6) is 0 Å². The third-order valence-corrected chi connectivity index (χ3v) is 5.75. The van der Waals surface area contributed by atoms with Crippen molar-refractivity contribution in [1.82, 2.24) is 0 Å². The molecule has 2 unspecified atom stereocenters. The zero-order valence-corrected chi connectivity index (χ0v) is 13.5. The molecule has 3 heteroatoms. The number of hydrogen-bond donors (Lipinski definition) is 1. The van der Waals surface area contributed by atoms with Crippen LogP contribution in [0.3, 0.4) is 0 Å². The minimum Gasteiger partial charge on any atom is -0.335 e. The number of aryl methyl sites for hydroxylation is 2. The van der Waals surface area contributed by atoms with E-state index < -0.39 is 0 Å². The van der Waals surface area contributed by atoms with Gasteiger partial charge >= 0.3 is 0 Å². The molecule has 1 aliphatic heterocycles. The fourth-order valence-corrected chi connectivity index (χ4v) is 4.69. The quantitative estimate of drug-likeness (QED) is 0.805. The third kappa shape index (κ3) is 2.73. The third-order valence-electron chi connectivity index (χ3n) is 4.60. The lowest BCUT2D eigenvalue weighted by molar-refractivity contribution is 0.266. The Kier molecular flexibility index (Phi) is 3.80. The van der Waals surface area contributed by atoms with Gasteiger partial charge in [0.1, 0.15) is 0 Å². The second-order valence-corrected chi connectivity index (χ2v) is 7.49. The molecule has 1 aromatic carbocycles. The smallest absolute Gasteiger partial charge is 0.161 e. The highest BCUT2D eigenvalue weighted by molar-refractivity contribution is 8.14. The molecule has 0 amide bonds. The average molecular weight is 288 g/mol. The molecule has 1 fully saturated rings. The maximum absolute atomic E-state index is 5.08. The minimum absolute atomic E-state index is 0.223. The zero-order valence-electron chi connectivity index (χ0n) is 12.7. The summed E-state index contributed by atoms with van der Waals surface area (Å²) in [6.07, 6.45) is 5.24. The monoisotopic (exact) mass is 288 g/mol. The van der Waals surface area contributed by atoms with Gasteiger partial charge in [-0.05, 0) is 43.7 Å². The molecule has 1 heterocycles. The Bertz CT molecular complexity index is 518. The molecular formula is C17H24N2S. The lowest BCUT2D eigenvalue weighted by Gasteiger charge is -2.33. The number of aliphatic imine (C=N–C) groups is 1. The van der Waals surface area contributed by atoms with Gasteiger partial charge in [0.2, 0.25) is 0 Å². The molecule has 0 saturated heterocycles. The first kappa shape index (κ1) is 14.0. The molecule has 0 radical (unpaired) electrons. The highest BCUT2D eigenvalue weighted by atomic mass is 32.2. The van der Waals surface area contributed by atoms with Crippen molar-refractivity contribution in [3.8, 4) is 0 Å². The molecule has 108 valence electrons. The minimum atomic E-state index is 0.223. The van der Waals surface area contributed by atoms with Crippen LogP contribution in [0.2, 0.25) is 0 Å². The molecule has 2 atom stereocenters. The second kappa shape index (κ2) is 5.44. The summed E-state index contributed by atoms with van der Waals surface area (Å²) < 4.78 is 0. The molecule has 0 aromatic heterocycles. The zero-order chi connectivity index (χ0) is 14.2. The highest BCUT2D eigenvalue weighted by Gasteiger charge is 2.39. The van der Waals surface area contributed by atoms with Gasteiger partial charge in [0.05, 0.1) is 5.54 Å². The lowest BCUT2D eigenvalue weighted by atomic mass is 9.78. The fourth-order valence-electron chi connectivity index (χ4n) is 3.53. The molecule has 1 aliphatic carbocycles. The van der Waals surface area contributed by atoms with Gasteiger partial charge < -0.3 is 5.32 Å². The van der Waals surface area contributed by atoms with Crippen molar-refractivity contribution in [2.45, 2.75) is 52.0 Å². The van der Waals surface area contributed by atoms with Crippen molar-refractivity contribution in [1.29, 1.82) is 0 Å². The number of nitrogens with one attached hydrogen (secondary N) is 1. The maximum Gasteiger partial charge on any atom is 0.161 e. The molecule has 1 N–H and O–H groups in total. The van der Waals surface area contributed by atoms with Crippen LogP contribution in [0.15, 0.2) is 23.2 Å². The van der Waals surface area contributed by atoms with Crippen LogP contribution < -0.4 is 5.32 Å². The summed E-state index contributed by atoms with van der Waals surface area (Å²) >= 11 is 1.90. The van der Waals surface area contributed by atoms with E-state index in [0.717, 1.165) is 16.8 Å². The Hall–Kier alpha value is -0.960. The average Bonchev–Trinajstić information content (AvgIpc) is 2.76. The summed E-state index contributed by atoms with van der Waals surface area (Å²) in [6, 6.07) is 6.44. The van der Waals surface area contributed by atoms with Crippen LogP contribution in [0.4, 0.5) is 5.69 Å². The Labute approximate surface area is 126 Å². The van der Waals surface area contributed by atoms with Gasteiger partial charge in [0, 0.05) is 11.4 Å².